The monoisotopic (exact) mass is 383 g/mol. The third-order valence-electron chi connectivity index (χ3n) is 4.78. The van der Waals surface area contributed by atoms with Crippen molar-refractivity contribution < 1.29 is 19.5 Å². The van der Waals surface area contributed by atoms with Crippen molar-refractivity contribution in [2.45, 2.75) is 26.5 Å². The molecule has 1 aliphatic rings. The van der Waals surface area contributed by atoms with E-state index in [1.165, 1.54) is 4.90 Å². The molecule has 1 heterocycles. The van der Waals surface area contributed by atoms with Gasteiger partial charge in [0, 0.05) is 18.8 Å². The van der Waals surface area contributed by atoms with Gasteiger partial charge in [-0.2, -0.15) is 0 Å². The van der Waals surface area contributed by atoms with E-state index >= 15 is 0 Å². The van der Waals surface area contributed by atoms with Crippen LogP contribution in [0.3, 0.4) is 0 Å². The number of amides is 3. The second kappa shape index (κ2) is 8.75. The van der Waals surface area contributed by atoms with Crippen LogP contribution in [0, 0.1) is 5.92 Å². The lowest BCUT2D eigenvalue weighted by Gasteiger charge is -2.29. The Morgan fingerprint density at radius 2 is 1.79 bits per heavy atom. The molecular formula is C21H25N3O4. The van der Waals surface area contributed by atoms with E-state index in [2.05, 4.69) is 0 Å². The number of ether oxygens (including phenoxy) is 1. The van der Waals surface area contributed by atoms with Crippen LogP contribution in [-0.2, 0) is 11.4 Å². The van der Waals surface area contributed by atoms with Crippen molar-refractivity contribution in [1.82, 2.24) is 10.4 Å². The Labute approximate surface area is 164 Å². The molecule has 1 saturated heterocycles. The molecule has 1 atom stereocenters. The quantitative estimate of drug-likeness (QED) is 0.569. The summed E-state index contributed by atoms with van der Waals surface area (Å²) in [6, 6.07) is 16.2. The zero-order chi connectivity index (χ0) is 20.1. The molecule has 0 aromatic heterocycles. The summed E-state index contributed by atoms with van der Waals surface area (Å²) in [5.74, 6) is 0.0236. The van der Waals surface area contributed by atoms with Crippen molar-refractivity contribution in [2.75, 3.05) is 18.0 Å². The van der Waals surface area contributed by atoms with Crippen LogP contribution >= 0.6 is 0 Å². The molecule has 7 heteroatoms. The largest absolute Gasteiger partial charge is 0.489 e. The SMILES string of the molecule is CC(C)C(C(=O)NO)N1CCN(c2ccc(OCc3ccccc3)cc2)C1=O. The fourth-order valence-corrected chi connectivity index (χ4v) is 3.39. The van der Waals surface area contributed by atoms with Gasteiger partial charge in [-0.3, -0.25) is 14.9 Å². The molecule has 0 spiro atoms. The molecule has 0 saturated carbocycles. The van der Waals surface area contributed by atoms with E-state index in [1.54, 1.807) is 10.4 Å². The van der Waals surface area contributed by atoms with Crippen molar-refractivity contribution >= 4 is 17.6 Å². The van der Waals surface area contributed by atoms with Crippen LogP contribution in [0.1, 0.15) is 19.4 Å². The third kappa shape index (κ3) is 4.26. The maximum absolute atomic E-state index is 12.8. The smallest absolute Gasteiger partial charge is 0.325 e. The minimum Gasteiger partial charge on any atom is -0.489 e. The molecule has 0 bridgehead atoms. The van der Waals surface area contributed by atoms with Gasteiger partial charge < -0.3 is 9.64 Å². The first-order valence-corrected chi connectivity index (χ1v) is 9.30. The minimum atomic E-state index is -0.712. The van der Waals surface area contributed by atoms with E-state index in [0.29, 0.717) is 19.7 Å². The van der Waals surface area contributed by atoms with Crippen LogP contribution in [0.2, 0.25) is 0 Å². The second-order valence-electron chi connectivity index (χ2n) is 7.06. The van der Waals surface area contributed by atoms with Crippen molar-refractivity contribution in [3.63, 3.8) is 0 Å². The standard InChI is InChI=1S/C21H25N3O4/c1-15(2)19(20(25)22-27)24-13-12-23(21(24)26)17-8-10-18(11-9-17)28-14-16-6-4-3-5-7-16/h3-11,15,19,27H,12-14H2,1-2H3,(H,22,25). The maximum atomic E-state index is 12.8. The number of anilines is 1. The predicted molar refractivity (Wildman–Crippen MR) is 105 cm³/mol. The van der Waals surface area contributed by atoms with Gasteiger partial charge in [-0.15, -0.1) is 0 Å². The van der Waals surface area contributed by atoms with Gasteiger partial charge in [0.25, 0.3) is 5.91 Å². The summed E-state index contributed by atoms with van der Waals surface area (Å²) in [6.45, 7) is 5.05. The predicted octanol–water partition coefficient (Wildman–Crippen LogP) is 3.04. The van der Waals surface area contributed by atoms with Crippen LogP contribution in [0.4, 0.5) is 10.5 Å². The van der Waals surface area contributed by atoms with Crippen molar-refractivity contribution in [3.05, 3.63) is 60.2 Å². The number of urea groups is 1. The second-order valence-corrected chi connectivity index (χ2v) is 7.06. The Kier molecular flexibility index (Phi) is 6.16. The molecule has 1 fully saturated rings. The molecule has 3 rings (SSSR count). The average molecular weight is 383 g/mol. The molecule has 148 valence electrons. The van der Waals surface area contributed by atoms with E-state index < -0.39 is 11.9 Å². The summed E-state index contributed by atoms with van der Waals surface area (Å²) in [7, 11) is 0. The van der Waals surface area contributed by atoms with Crippen molar-refractivity contribution in [1.29, 1.82) is 0 Å². The highest BCUT2D eigenvalue weighted by atomic mass is 16.5. The van der Waals surface area contributed by atoms with E-state index in [9.17, 15) is 9.59 Å². The van der Waals surface area contributed by atoms with Crippen LogP contribution in [0.15, 0.2) is 54.6 Å². The Bertz CT molecular complexity index is 808. The number of nitrogens with zero attached hydrogens (tertiary/aromatic N) is 2. The summed E-state index contributed by atoms with van der Waals surface area (Å²) in [5.41, 5.74) is 3.49. The number of hydrogen-bond donors (Lipinski definition) is 2. The Morgan fingerprint density at radius 1 is 1.11 bits per heavy atom. The first kappa shape index (κ1) is 19.7. The molecule has 1 unspecified atom stereocenters. The third-order valence-corrected chi connectivity index (χ3v) is 4.78. The van der Waals surface area contributed by atoms with E-state index in [-0.39, 0.29) is 11.9 Å². The molecule has 2 aromatic carbocycles. The zero-order valence-electron chi connectivity index (χ0n) is 16.0. The number of carbonyl (C=O) groups is 2. The van der Waals surface area contributed by atoms with Crippen molar-refractivity contribution in [2.24, 2.45) is 5.92 Å². The Balaban J connectivity index is 1.65. The van der Waals surface area contributed by atoms with E-state index in [0.717, 1.165) is 17.0 Å². The fraction of sp³-hybridized carbons (Fsp3) is 0.333. The van der Waals surface area contributed by atoms with Crippen LogP contribution in [-0.4, -0.2) is 41.2 Å². The highest BCUT2D eigenvalue weighted by Crippen LogP contribution is 2.26. The number of hydrogen-bond acceptors (Lipinski definition) is 4. The average Bonchev–Trinajstić information content (AvgIpc) is 3.08. The number of hydroxylamine groups is 1. The maximum Gasteiger partial charge on any atom is 0.325 e. The van der Waals surface area contributed by atoms with Gasteiger partial charge in [0.05, 0.1) is 0 Å². The number of nitrogens with one attached hydrogen (secondary N) is 1. The number of rotatable bonds is 7. The summed E-state index contributed by atoms with van der Waals surface area (Å²) < 4.78 is 5.78. The molecular weight excluding hydrogens is 358 g/mol. The van der Waals surface area contributed by atoms with Crippen LogP contribution in [0.25, 0.3) is 0 Å². The van der Waals surface area contributed by atoms with Gasteiger partial charge >= 0.3 is 6.03 Å². The molecule has 0 aliphatic carbocycles. The van der Waals surface area contributed by atoms with E-state index in [4.69, 9.17) is 9.94 Å². The van der Waals surface area contributed by atoms with Gasteiger partial charge in [0.15, 0.2) is 0 Å². The summed E-state index contributed by atoms with van der Waals surface area (Å²) in [4.78, 5) is 27.9. The normalized spacial score (nSPS) is 15.1. The summed E-state index contributed by atoms with van der Waals surface area (Å²) >= 11 is 0. The molecule has 2 aromatic rings. The van der Waals surface area contributed by atoms with Crippen LogP contribution < -0.4 is 15.1 Å². The lowest BCUT2D eigenvalue weighted by Crippen LogP contribution is -2.50. The number of benzene rings is 2. The van der Waals surface area contributed by atoms with Gasteiger partial charge in [-0.25, -0.2) is 10.3 Å². The highest BCUT2D eigenvalue weighted by molar-refractivity contribution is 5.97. The first-order valence-electron chi connectivity index (χ1n) is 9.30. The number of carbonyl (C=O) groups excluding carboxylic acids is 2. The Morgan fingerprint density at radius 3 is 2.39 bits per heavy atom. The first-order chi connectivity index (χ1) is 13.5. The lowest BCUT2D eigenvalue weighted by atomic mass is 10.0. The Hall–Kier alpha value is -3.06. The van der Waals surface area contributed by atoms with Crippen molar-refractivity contribution in [3.8, 4) is 5.75 Å². The highest BCUT2D eigenvalue weighted by Gasteiger charge is 2.39. The molecule has 1 aliphatic heterocycles. The molecule has 2 N–H and O–H groups in total. The van der Waals surface area contributed by atoms with Gasteiger partial charge in [-0.1, -0.05) is 44.2 Å². The zero-order valence-corrected chi connectivity index (χ0v) is 16.0. The summed E-state index contributed by atoms with van der Waals surface area (Å²) in [6.07, 6.45) is 0. The van der Waals surface area contributed by atoms with Gasteiger partial charge in [-0.05, 0) is 35.7 Å². The van der Waals surface area contributed by atoms with Gasteiger partial charge in [0.2, 0.25) is 0 Å². The minimum absolute atomic E-state index is 0.121. The summed E-state index contributed by atoms with van der Waals surface area (Å²) in [5, 5.41) is 8.98. The van der Waals surface area contributed by atoms with E-state index in [1.807, 2.05) is 68.4 Å². The van der Waals surface area contributed by atoms with Gasteiger partial charge in [0.1, 0.15) is 18.4 Å². The van der Waals surface area contributed by atoms with Crippen LogP contribution in [0.5, 0.6) is 5.75 Å². The fourth-order valence-electron chi connectivity index (χ4n) is 3.39. The lowest BCUT2D eigenvalue weighted by molar-refractivity contribution is -0.135. The molecule has 28 heavy (non-hydrogen) atoms. The topological polar surface area (TPSA) is 82.1 Å². The molecule has 7 nitrogen and oxygen atoms in total. The molecule has 0 radical (unpaired) electrons. The molecule has 3 amide bonds.